The second kappa shape index (κ2) is 7.87. The van der Waals surface area contributed by atoms with Gasteiger partial charge in [0, 0.05) is 24.7 Å². The van der Waals surface area contributed by atoms with Crippen LogP contribution in [0.4, 0.5) is 4.79 Å². The Morgan fingerprint density at radius 2 is 2.00 bits per heavy atom. The highest BCUT2D eigenvalue weighted by atomic mass is 16.2. The molecule has 0 aliphatic carbocycles. The molecule has 20 heavy (non-hydrogen) atoms. The number of hydrogen-bond donors (Lipinski definition) is 2. The van der Waals surface area contributed by atoms with Crippen LogP contribution >= 0.6 is 0 Å². The van der Waals surface area contributed by atoms with Crippen LogP contribution in [0.2, 0.25) is 0 Å². The quantitative estimate of drug-likeness (QED) is 0.814. The maximum Gasteiger partial charge on any atom is 0.315 e. The van der Waals surface area contributed by atoms with Gasteiger partial charge in [-0.2, -0.15) is 0 Å². The van der Waals surface area contributed by atoms with Gasteiger partial charge in [-0.3, -0.25) is 4.90 Å². The minimum atomic E-state index is -0.171. The van der Waals surface area contributed by atoms with Gasteiger partial charge in [0.1, 0.15) is 0 Å². The summed E-state index contributed by atoms with van der Waals surface area (Å²) in [6, 6.07) is 0.645. The third-order valence-electron chi connectivity index (χ3n) is 3.67. The van der Waals surface area contributed by atoms with E-state index in [1.165, 1.54) is 32.2 Å². The summed E-state index contributed by atoms with van der Waals surface area (Å²) < 4.78 is 0. The van der Waals surface area contributed by atoms with Crippen molar-refractivity contribution in [2.24, 2.45) is 5.92 Å². The first kappa shape index (κ1) is 17.3. The van der Waals surface area contributed by atoms with Gasteiger partial charge in [-0.15, -0.1) is 0 Å². The Kier molecular flexibility index (Phi) is 6.80. The van der Waals surface area contributed by atoms with Crippen molar-refractivity contribution in [3.63, 3.8) is 0 Å². The van der Waals surface area contributed by atoms with E-state index in [9.17, 15) is 4.79 Å². The fraction of sp³-hybridized carbons (Fsp3) is 0.938. The van der Waals surface area contributed by atoms with E-state index in [-0.39, 0.29) is 11.6 Å². The largest absolute Gasteiger partial charge is 0.337 e. The van der Waals surface area contributed by atoms with Crippen molar-refractivity contribution in [1.82, 2.24) is 15.5 Å². The van der Waals surface area contributed by atoms with Crippen LogP contribution in [0.15, 0.2) is 0 Å². The van der Waals surface area contributed by atoms with E-state index in [1.54, 1.807) is 0 Å². The Bertz CT molecular complexity index is 297. The number of likely N-dealkylation sites (tertiary alicyclic amines) is 1. The predicted molar refractivity (Wildman–Crippen MR) is 85.0 cm³/mol. The van der Waals surface area contributed by atoms with E-state index in [4.69, 9.17) is 0 Å². The van der Waals surface area contributed by atoms with Crippen molar-refractivity contribution in [3.8, 4) is 0 Å². The SMILES string of the molecule is CC(C)CC1CCCCN1CCNC(=O)NC(C)(C)C. The third-order valence-corrected chi connectivity index (χ3v) is 3.67. The maximum atomic E-state index is 11.7. The number of carbonyl (C=O) groups is 1. The molecule has 1 atom stereocenters. The van der Waals surface area contributed by atoms with Gasteiger partial charge in [-0.25, -0.2) is 4.79 Å². The fourth-order valence-electron chi connectivity index (χ4n) is 2.86. The molecular formula is C16H33N3O. The van der Waals surface area contributed by atoms with Crippen molar-refractivity contribution in [2.75, 3.05) is 19.6 Å². The normalized spacial score (nSPS) is 21.0. The van der Waals surface area contributed by atoms with Crippen molar-refractivity contribution in [1.29, 1.82) is 0 Å². The lowest BCUT2D eigenvalue weighted by atomic mass is 9.94. The zero-order valence-corrected chi connectivity index (χ0v) is 14.0. The topological polar surface area (TPSA) is 44.4 Å². The number of hydrogen-bond acceptors (Lipinski definition) is 2. The molecule has 0 radical (unpaired) electrons. The highest BCUT2D eigenvalue weighted by molar-refractivity contribution is 5.74. The zero-order valence-electron chi connectivity index (χ0n) is 14.0. The number of amides is 2. The summed E-state index contributed by atoms with van der Waals surface area (Å²) >= 11 is 0. The Morgan fingerprint density at radius 3 is 2.60 bits per heavy atom. The number of nitrogens with one attached hydrogen (secondary N) is 2. The third kappa shape index (κ3) is 7.13. The lowest BCUT2D eigenvalue weighted by Crippen LogP contribution is -2.49. The smallest absolute Gasteiger partial charge is 0.315 e. The summed E-state index contributed by atoms with van der Waals surface area (Å²) in [5, 5.41) is 5.90. The summed E-state index contributed by atoms with van der Waals surface area (Å²) in [7, 11) is 0. The molecule has 0 aromatic heterocycles. The number of nitrogens with zero attached hydrogens (tertiary/aromatic N) is 1. The predicted octanol–water partition coefficient (Wildman–Crippen LogP) is 2.98. The summed E-state index contributed by atoms with van der Waals surface area (Å²) in [4.78, 5) is 14.3. The highest BCUT2D eigenvalue weighted by Crippen LogP contribution is 2.22. The molecule has 2 N–H and O–H groups in total. The first-order valence-corrected chi connectivity index (χ1v) is 8.08. The van der Waals surface area contributed by atoms with Gasteiger partial charge in [-0.05, 0) is 52.5 Å². The molecule has 0 spiro atoms. The molecule has 4 heteroatoms. The van der Waals surface area contributed by atoms with Crippen LogP contribution < -0.4 is 10.6 Å². The second-order valence-corrected chi connectivity index (χ2v) is 7.45. The summed E-state index contributed by atoms with van der Waals surface area (Å²) in [5.41, 5.74) is -0.171. The van der Waals surface area contributed by atoms with Gasteiger partial charge in [-0.1, -0.05) is 20.3 Å². The molecule has 0 saturated carbocycles. The molecule has 4 nitrogen and oxygen atoms in total. The van der Waals surface area contributed by atoms with Gasteiger partial charge >= 0.3 is 6.03 Å². The van der Waals surface area contributed by atoms with Crippen LogP contribution in [0.25, 0.3) is 0 Å². The summed E-state index contributed by atoms with van der Waals surface area (Å²) in [5.74, 6) is 0.748. The number of carbonyl (C=O) groups excluding carboxylic acids is 1. The van der Waals surface area contributed by atoms with E-state index in [2.05, 4.69) is 29.4 Å². The maximum absolute atomic E-state index is 11.7. The van der Waals surface area contributed by atoms with Gasteiger partial charge in [0.05, 0.1) is 0 Å². The average Bonchev–Trinajstić information content (AvgIpc) is 2.28. The minimum Gasteiger partial charge on any atom is -0.337 e. The van der Waals surface area contributed by atoms with Crippen LogP contribution in [0.3, 0.4) is 0 Å². The lowest BCUT2D eigenvalue weighted by molar-refractivity contribution is 0.130. The Labute approximate surface area is 124 Å². The standard InChI is InChI=1S/C16H33N3O/c1-13(2)12-14-8-6-7-10-19(14)11-9-17-15(20)18-16(3,4)5/h13-14H,6-12H2,1-5H3,(H2,17,18,20). The molecule has 0 aromatic carbocycles. The number of rotatable bonds is 5. The van der Waals surface area contributed by atoms with Crippen molar-refractivity contribution >= 4 is 6.03 Å². The fourth-order valence-corrected chi connectivity index (χ4v) is 2.86. The molecule has 1 aliphatic rings. The molecule has 1 saturated heterocycles. The first-order valence-electron chi connectivity index (χ1n) is 8.08. The van der Waals surface area contributed by atoms with Crippen LogP contribution in [-0.2, 0) is 0 Å². The highest BCUT2D eigenvalue weighted by Gasteiger charge is 2.22. The van der Waals surface area contributed by atoms with Gasteiger partial charge < -0.3 is 10.6 Å². The molecule has 118 valence electrons. The number of urea groups is 1. The van der Waals surface area contributed by atoms with Gasteiger partial charge in [0.25, 0.3) is 0 Å². The minimum absolute atomic E-state index is 0.0603. The zero-order chi connectivity index (χ0) is 15.2. The van der Waals surface area contributed by atoms with Crippen molar-refractivity contribution < 1.29 is 4.79 Å². The Balaban J connectivity index is 2.29. The van der Waals surface area contributed by atoms with Gasteiger partial charge in [0.2, 0.25) is 0 Å². The first-order chi connectivity index (χ1) is 9.28. The summed E-state index contributed by atoms with van der Waals surface area (Å²) in [6.45, 7) is 13.5. The molecule has 0 aromatic rings. The lowest BCUT2D eigenvalue weighted by Gasteiger charge is -2.36. The van der Waals surface area contributed by atoms with E-state index in [1.807, 2.05) is 20.8 Å². The molecule has 2 amide bonds. The van der Waals surface area contributed by atoms with E-state index < -0.39 is 0 Å². The molecule has 1 rings (SSSR count). The molecule has 1 unspecified atom stereocenters. The van der Waals surface area contributed by atoms with Crippen molar-refractivity contribution in [3.05, 3.63) is 0 Å². The molecule has 1 heterocycles. The average molecular weight is 283 g/mol. The van der Waals surface area contributed by atoms with Gasteiger partial charge in [0.15, 0.2) is 0 Å². The van der Waals surface area contributed by atoms with Crippen LogP contribution in [0.5, 0.6) is 0 Å². The number of piperidine rings is 1. The second-order valence-electron chi connectivity index (χ2n) is 7.45. The van der Waals surface area contributed by atoms with Crippen LogP contribution in [-0.4, -0.2) is 42.1 Å². The Hall–Kier alpha value is -0.770. The molecule has 1 fully saturated rings. The van der Waals surface area contributed by atoms with Crippen LogP contribution in [0, 0.1) is 5.92 Å². The van der Waals surface area contributed by atoms with Crippen molar-refractivity contribution in [2.45, 2.75) is 71.9 Å². The van der Waals surface area contributed by atoms with Crippen LogP contribution in [0.1, 0.15) is 60.3 Å². The van der Waals surface area contributed by atoms with E-state index in [0.29, 0.717) is 6.04 Å². The van der Waals surface area contributed by atoms with E-state index in [0.717, 1.165) is 19.0 Å². The monoisotopic (exact) mass is 283 g/mol. The molecule has 1 aliphatic heterocycles. The van der Waals surface area contributed by atoms with E-state index >= 15 is 0 Å². The molecular weight excluding hydrogens is 250 g/mol. The summed E-state index contributed by atoms with van der Waals surface area (Å²) in [6.07, 6.45) is 5.23. The Morgan fingerprint density at radius 1 is 1.30 bits per heavy atom. The molecule has 0 bridgehead atoms.